The zero-order valence-corrected chi connectivity index (χ0v) is 32.2. The van der Waals surface area contributed by atoms with Crippen LogP contribution in [0.2, 0.25) is 0 Å². The van der Waals surface area contributed by atoms with Crippen molar-refractivity contribution in [1.29, 1.82) is 0 Å². The minimum absolute atomic E-state index is 0.0418. The van der Waals surface area contributed by atoms with Crippen LogP contribution in [0.3, 0.4) is 0 Å². The average Bonchev–Trinajstić information content (AvgIpc) is 3.49. The quantitative estimate of drug-likeness (QED) is 0.0809. The van der Waals surface area contributed by atoms with Crippen molar-refractivity contribution in [2.75, 3.05) is 11.1 Å². The number of hydrogen-bond acceptors (Lipinski definition) is 9. The summed E-state index contributed by atoms with van der Waals surface area (Å²) in [7, 11) is 0. The predicted molar refractivity (Wildman–Crippen MR) is 215 cm³/mol. The number of rotatable bonds is 13. The SMILES string of the molecule is CC(=O)Nc1ccc(SC[C@H]2C[C@@H](c3ccc(CO)cc3)O[C@@H](c3cccc(-c4cccc(CN5C(=O)CC(NC(=O)OCc6ccccc6)C5=O)c4)c3)O2)cc1. The molecule has 292 valence electrons. The van der Waals surface area contributed by atoms with Gasteiger partial charge in [-0.1, -0.05) is 91.0 Å². The van der Waals surface area contributed by atoms with Crippen LogP contribution in [0.4, 0.5) is 10.5 Å². The van der Waals surface area contributed by atoms with Crippen LogP contribution in [0.1, 0.15) is 60.0 Å². The average molecular weight is 786 g/mol. The summed E-state index contributed by atoms with van der Waals surface area (Å²) in [5.74, 6) is -0.301. The van der Waals surface area contributed by atoms with E-state index in [1.54, 1.807) is 11.8 Å². The number of nitrogens with zero attached hydrogens (tertiary/aromatic N) is 1. The fraction of sp³-hybridized carbons (Fsp3) is 0.244. The number of carbonyl (C=O) groups is 4. The van der Waals surface area contributed by atoms with E-state index in [0.717, 1.165) is 49.5 Å². The third-order valence-electron chi connectivity index (χ3n) is 9.73. The van der Waals surface area contributed by atoms with E-state index < -0.39 is 24.3 Å². The highest BCUT2D eigenvalue weighted by atomic mass is 32.2. The van der Waals surface area contributed by atoms with Crippen molar-refractivity contribution < 1.29 is 38.5 Å². The zero-order chi connectivity index (χ0) is 39.7. The monoisotopic (exact) mass is 785 g/mol. The van der Waals surface area contributed by atoms with E-state index in [4.69, 9.17) is 14.2 Å². The van der Waals surface area contributed by atoms with Gasteiger partial charge < -0.3 is 30.0 Å². The molecular formula is C45H43N3O8S. The lowest BCUT2D eigenvalue weighted by Gasteiger charge is -2.36. The van der Waals surface area contributed by atoms with Crippen LogP contribution < -0.4 is 10.6 Å². The molecule has 0 spiro atoms. The molecule has 12 heteroatoms. The number of amides is 4. The molecule has 0 aliphatic carbocycles. The second-order valence-electron chi connectivity index (χ2n) is 14.0. The molecule has 4 amide bonds. The third-order valence-corrected chi connectivity index (χ3v) is 10.9. The highest BCUT2D eigenvalue weighted by molar-refractivity contribution is 7.99. The Bertz CT molecular complexity index is 2200. The molecule has 0 radical (unpaired) electrons. The molecule has 11 nitrogen and oxygen atoms in total. The van der Waals surface area contributed by atoms with Gasteiger partial charge in [0.05, 0.1) is 31.8 Å². The Hall–Kier alpha value is -5.79. The molecule has 1 unspecified atom stereocenters. The molecular weight excluding hydrogens is 743 g/mol. The number of benzene rings is 5. The number of aliphatic hydroxyl groups is 1. The fourth-order valence-electron chi connectivity index (χ4n) is 6.82. The lowest BCUT2D eigenvalue weighted by atomic mass is 9.99. The van der Waals surface area contributed by atoms with Gasteiger partial charge in [0.2, 0.25) is 11.8 Å². The van der Waals surface area contributed by atoms with E-state index in [1.165, 1.54) is 11.8 Å². The molecule has 4 atom stereocenters. The predicted octanol–water partition coefficient (Wildman–Crippen LogP) is 7.70. The number of carbonyl (C=O) groups excluding carboxylic acids is 4. The summed E-state index contributed by atoms with van der Waals surface area (Å²) < 4.78 is 18.5. The Labute approximate surface area is 335 Å². The Morgan fingerprint density at radius 2 is 1.53 bits per heavy atom. The first-order valence-corrected chi connectivity index (χ1v) is 19.7. The van der Waals surface area contributed by atoms with Crippen molar-refractivity contribution in [3.63, 3.8) is 0 Å². The van der Waals surface area contributed by atoms with Gasteiger partial charge in [-0.2, -0.15) is 0 Å². The highest BCUT2D eigenvalue weighted by Crippen LogP contribution is 2.40. The maximum Gasteiger partial charge on any atom is 0.408 e. The van der Waals surface area contributed by atoms with Crippen molar-refractivity contribution in [3.05, 3.63) is 155 Å². The fourth-order valence-corrected chi connectivity index (χ4v) is 7.74. The van der Waals surface area contributed by atoms with Crippen molar-refractivity contribution in [2.45, 2.75) is 69.0 Å². The van der Waals surface area contributed by atoms with Crippen molar-refractivity contribution in [2.24, 2.45) is 0 Å². The Morgan fingerprint density at radius 1 is 0.807 bits per heavy atom. The highest BCUT2D eigenvalue weighted by Gasteiger charge is 2.40. The van der Waals surface area contributed by atoms with Gasteiger partial charge in [-0.3, -0.25) is 19.3 Å². The second kappa shape index (κ2) is 18.4. The van der Waals surface area contributed by atoms with E-state index in [1.807, 2.05) is 127 Å². The minimum Gasteiger partial charge on any atom is -0.445 e. The molecule has 57 heavy (non-hydrogen) atoms. The van der Waals surface area contributed by atoms with E-state index in [2.05, 4.69) is 10.6 Å². The van der Waals surface area contributed by atoms with Gasteiger partial charge in [0.1, 0.15) is 12.6 Å². The molecule has 2 aliphatic heterocycles. The molecule has 5 aromatic rings. The van der Waals surface area contributed by atoms with Gasteiger partial charge in [-0.05, 0) is 69.8 Å². The van der Waals surface area contributed by atoms with Crippen LogP contribution in [0.25, 0.3) is 11.1 Å². The lowest BCUT2D eigenvalue weighted by molar-refractivity contribution is -0.245. The van der Waals surface area contributed by atoms with Gasteiger partial charge in [0.25, 0.3) is 5.91 Å². The topological polar surface area (TPSA) is 144 Å². The van der Waals surface area contributed by atoms with Crippen molar-refractivity contribution in [3.8, 4) is 11.1 Å². The first-order valence-electron chi connectivity index (χ1n) is 18.7. The summed E-state index contributed by atoms with van der Waals surface area (Å²) in [6.45, 7) is 1.55. The van der Waals surface area contributed by atoms with Gasteiger partial charge >= 0.3 is 6.09 Å². The summed E-state index contributed by atoms with van der Waals surface area (Å²) >= 11 is 1.67. The van der Waals surface area contributed by atoms with Crippen LogP contribution in [0.15, 0.2) is 132 Å². The molecule has 2 aliphatic rings. The molecule has 2 saturated heterocycles. The molecule has 5 aromatic carbocycles. The summed E-state index contributed by atoms with van der Waals surface area (Å²) in [4.78, 5) is 52.3. The summed E-state index contributed by atoms with van der Waals surface area (Å²) in [5, 5.41) is 14.9. The minimum atomic E-state index is -0.995. The largest absolute Gasteiger partial charge is 0.445 e. The number of ether oxygens (including phenoxy) is 3. The maximum atomic E-state index is 13.2. The van der Waals surface area contributed by atoms with Crippen LogP contribution >= 0.6 is 11.8 Å². The molecule has 7 rings (SSSR count). The van der Waals surface area contributed by atoms with Gasteiger partial charge in [0.15, 0.2) is 6.29 Å². The third kappa shape index (κ3) is 10.3. The molecule has 2 heterocycles. The van der Waals surface area contributed by atoms with Gasteiger partial charge in [-0.15, -0.1) is 11.8 Å². The Kier molecular flexibility index (Phi) is 12.8. The number of anilines is 1. The normalized spacial score (nSPS) is 19.3. The van der Waals surface area contributed by atoms with Gasteiger partial charge in [-0.25, -0.2) is 4.79 Å². The number of nitrogens with one attached hydrogen (secondary N) is 2. The van der Waals surface area contributed by atoms with Gasteiger partial charge in [0, 0.05) is 35.2 Å². The maximum absolute atomic E-state index is 13.2. The zero-order valence-electron chi connectivity index (χ0n) is 31.3. The number of thioether (sulfide) groups is 1. The summed E-state index contributed by atoms with van der Waals surface area (Å²) in [5.41, 5.74) is 6.74. The van der Waals surface area contributed by atoms with Crippen molar-refractivity contribution in [1.82, 2.24) is 10.2 Å². The van der Waals surface area contributed by atoms with Crippen LogP contribution in [-0.2, 0) is 48.4 Å². The molecule has 0 bridgehead atoms. The number of aliphatic hydroxyl groups excluding tert-OH is 1. The number of alkyl carbamates (subject to hydrolysis) is 1. The smallest absolute Gasteiger partial charge is 0.408 e. The van der Waals surface area contributed by atoms with E-state index >= 15 is 0 Å². The summed E-state index contributed by atoms with van der Waals surface area (Å²) in [6.07, 6.45) is -1.34. The van der Waals surface area contributed by atoms with E-state index in [-0.39, 0.29) is 50.2 Å². The number of likely N-dealkylation sites (tertiary alicyclic amines) is 1. The van der Waals surface area contributed by atoms with Crippen LogP contribution in [-0.4, -0.2) is 51.7 Å². The first kappa shape index (κ1) is 39.4. The standard InChI is InChI=1S/C45H43N3O8S/c1-29(50)46-37-17-19-39(20-18-37)57-28-38-23-41(33-15-13-30(26-49)14-16-33)56-44(55-38)36-12-6-11-35(22-36)34-10-5-9-32(21-34)25-48-42(51)24-40(43(48)52)47-45(53)54-27-31-7-3-2-4-8-31/h2-22,38,40-41,44,49H,23-28H2,1H3,(H,46,50)(H,47,53)/t38-,40?,41+,44+/m1/s1. The lowest BCUT2D eigenvalue weighted by Crippen LogP contribution is -2.41. The molecule has 2 fully saturated rings. The Morgan fingerprint density at radius 3 is 2.26 bits per heavy atom. The number of hydrogen-bond donors (Lipinski definition) is 3. The second-order valence-corrected chi connectivity index (χ2v) is 15.1. The Balaban J connectivity index is 1.03. The van der Waals surface area contributed by atoms with Crippen molar-refractivity contribution >= 4 is 41.3 Å². The summed E-state index contributed by atoms with van der Waals surface area (Å²) in [6, 6.07) is 39.3. The van der Waals surface area contributed by atoms with E-state index in [9.17, 15) is 24.3 Å². The molecule has 3 N–H and O–H groups in total. The molecule has 0 aromatic heterocycles. The van der Waals surface area contributed by atoms with Crippen LogP contribution in [0.5, 0.6) is 0 Å². The van der Waals surface area contributed by atoms with E-state index in [0.29, 0.717) is 12.2 Å². The number of imide groups is 1. The molecule has 0 saturated carbocycles. The first-order chi connectivity index (χ1) is 27.7. The van der Waals surface area contributed by atoms with Crippen LogP contribution in [0, 0.1) is 0 Å².